The molecule has 0 aliphatic heterocycles. The van der Waals surface area contributed by atoms with Gasteiger partial charge in [-0.2, -0.15) is 0 Å². The van der Waals surface area contributed by atoms with Crippen molar-refractivity contribution in [3.63, 3.8) is 0 Å². The molecule has 0 unspecified atom stereocenters. The second-order valence-corrected chi connectivity index (χ2v) is 19.2. The van der Waals surface area contributed by atoms with E-state index in [0.717, 1.165) is 0 Å². The van der Waals surface area contributed by atoms with Crippen molar-refractivity contribution in [3.8, 4) is 0 Å². The molecule has 0 heterocycles. The van der Waals surface area contributed by atoms with Crippen molar-refractivity contribution in [3.05, 3.63) is 0 Å². The Kier molecular flexibility index (Phi) is 51.0. The standard InChI is InChI=1S/C50H106N2.2BrH/c1-7-9-11-13-15-17-19-21-23-25-27-29-31-33-35-37-39-43-47-51(3,4)49-45-41-42-46-50-52(5,6)48-44-40-38-36-34-32-30-28-26-24-22-20-18-16-14-12-10-8-2;;/h7-50H2,1-6H3;2*1H/q+2;;/p-2. The highest BCUT2D eigenvalue weighted by molar-refractivity contribution is 4.53. The van der Waals surface area contributed by atoms with Crippen molar-refractivity contribution in [2.45, 2.75) is 271 Å². The number of quaternary nitrogens is 2. The molecule has 0 aromatic rings. The number of unbranched alkanes of at least 4 members (excludes halogenated alkanes) is 37. The van der Waals surface area contributed by atoms with E-state index in [0.29, 0.717) is 0 Å². The maximum Gasteiger partial charge on any atom is 0.0782 e. The fraction of sp³-hybridized carbons (Fsp3) is 1.00. The Bertz CT molecular complexity index is 611. The second kappa shape index (κ2) is 46.6. The van der Waals surface area contributed by atoms with Crippen LogP contribution in [0.1, 0.15) is 271 Å². The highest BCUT2D eigenvalue weighted by Gasteiger charge is 2.16. The lowest BCUT2D eigenvalue weighted by Crippen LogP contribution is -3.00. The Hall–Kier alpha value is 0.880. The summed E-state index contributed by atoms with van der Waals surface area (Å²) in [6.45, 7) is 10.1. The molecule has 0 N–H and O–H groups in total. The molecule has 54 heavy (non-hydrogen) atoms. The summed E-state index contributed by atoms with van der Waals surface area (Å²) in [6.07, 6.45) is 58.5. The first-order valence-corrected chi connectivity index (χ1v) is 25.0. The summed E-state index contributed by atoms with van der Waals surface area (Å²) in [5.74, 6) is 0. The Morgan fingerprint density at radius 2 is 0.296 bits per heavy atom. The van der Waals surface area contributed by atoms with Gasteiger partial charge in [0.2, 0.25) is 0 Å². The monoisotopic (exact) mass is 893 g/mol. The molecule has 0 rings (SSSR count). The number of halogens is 2. The van der Waals surface area contributed by atoms with Crippen LogP contribution in [0.3, 0.4) is 0 Å². The third-order valence-corrected chi connectivity index (χ3v) is 12.5. The van der Waals surface area contributed by atoms with Crippen LogP contribution >= 0.6 is 0 Å². The Morgan fingerprint density at radius 3 is 0.426 bits per heavy atom. The zero-order chi connectivity index (χ0) is 38.1. The van der Waals surface area contributed by atoms with Gasteiger partial charge < -0.3 is 42.9 Å². The zero-order valence-corrected chi connectivity index (χ0v) is 41.9. The smallest absolute Gasteiger partial charge is 0.0782 e. The Labute approximate surface area is 366 Å². The Balaban J connectivity index is -0.0000130. The van der Waals surface area contributed by atoms with E-state index in [2.05, 4.69) is 42.0 Å². The topological polar surface area (TPSA) is 0 Å². The molecule has 0 fully saturated rings. The van der Waals surface area contributed by atoms with Gasteiger partial charge in [0.15, 0.2) is 0 Å². The van der Waals surface area contributed by atoms with Crippen LogP contribution in [0.5, 0.6) is 0 Å². The van der Waals surface area contributed by atoms with E-state index < -0.39 is 0 Å². The van der Waals surface area contributed by atoms with Gasteiger partial charge in [0.05, 0.1) is 54.4 Å². The quantitative estimate of drug-likeness (QED) is 0.0422. The molecule has 0 radical (unpaired) electrons. The van der Waals surface area contributed by atoms with Crippen molar-refractivity contribution in [1.82, 2.24) is 0 Å². The largest absolute Gasteiger partial charge is 1.00 e. The first-order chi connectivity index (χ1) is 25.3. The molecule has 0 saturated carbocycles. The van der Waals surface area contributed by atoms with Crippen LogP contribution in [0.4, 0.5) is 0 Å². The number of hydrogen-bond acceptors (Lipinski definition) is 0. The van der Waals surface area contributed by atoms with Crippen LogP contribution in [-0.4, -0.2) is 63.3 Å². The van der Waals surface area contributed by atoms with Gasteiger partial charge in [0.25, 0.3) is 0 Å². The molecule has 0 amide bonds. The van der Waals surface area contributed by atoms with E-state index in [9.17, 15) is 0 Å². The molecule has 0 aliphatic carbocycles. The van der Waals surface area contributed by atoms with Gasteiger partial charge in [0, 0.05) is 0 Å². The zero-order valence-electron chi connectivity index (χ0n) is 38.8. The van der Waals surface area contributed by atoms with Crippen molar-refractivity contribution < 1.29 is 42.9 Å². The number of nitrogens with zero attached hydrogens (tertiary/aromatic N) is 2. The van der Waals surface area contributed by atoms with Crippen molar-refractivity contribution in [2.75, 3.05) is 54.4 Å². The molecule has 0 bridgehead atoms. The third-order valence-electron chi connectivity index (χ3n) is 12.5. The van der Waals surface area contributed by atoms with Gasteiger partial charge in [-0.05, 0) is 51.4 Å². The average molecular weight is 895 g/mol. The summed E-state index contributed by atoms with van der Waals surface area (Å²) in [6, 6.07) is 0. The fourth-order valence-electron chi connectivity index (χ4n) is 8.54. The minimum Gasteiger partial charge on any atom is -1.00 e. The third kappa shape index (κ3) is 49.0. The molecule has 0 aromatic carbocycles. The highest BCUT2D eigenvalue weighted by Crippen LogP contribution is 2.17. The van der Waals surface area contributed by atoms with E-state index in [-0.39, 0.29) is 34.0 Å². The predicted molar refractivity (Wildman–Crippen MR) is 240 cm³/mol. The molecule has 0 aliphatic rings. The van der Waals surface area contributed by atoms with Gasteiger partial charge in [-0.15, -0.1) is 0 Å². The molecular formula is C50H106Br2N2. The average Bonchev–Trinajstić information content (AvgIpc) is 3.12. The normalized spacial score (nSPS) is 11.9. The summed E-state index contributed by atoms with van der Waals surface area (Å²) in [7, 11) is 9.92. The lowest BCUT2D eigenvalue weighted by Gasteiger charge is -2.31. The van der Waals surface area contributed by atoms with Gasteiger partial charge in [-0.1, -0.05) is 219 Å². The minimum absolute atomic E-state index is 0. The van der Waals surface area contributed by atoms with Crippen LogP contribution in [0.25, 0.3) is 0 Å². The summed E-state index contributed by atoms with van der Waals surface area (Å²) in [5.41, 5.74) is 0. The van der Waals surface area contributed by atoms with E-state index >= 15 is 0 Å². The molecule has 0 atom stereocenters. The molecule has 0 spiro atoms. The van der Waals surface area contributed by atoms with Crippen LogP contribution in [0, 0.1) is 0 Å². The summed E-state index contributed by atoms with van der Waals surface area (Å²) in [5, 5.41) is 0. The molecule has 330 valence electrons. The van der Waals surface area contributed by atoms with Gasteiger partial charge in [-0.3, -0.25) is 0 Å². The van der Waals surface area contributed by atoms with Crippen LogP contribution in [-0.2, 0) is 0 Å². The van der Waals surface area contributed by atoms with Crippen molar-refractivity contribution in [1.29, 1.82) is 0 Å². The predicted octanol–water partition coefficient (Wildman–Crippen LogP) is 10.8. The number of hydrogen-bond donors (Lipinski definition) is 0. The first kappa shape index (κ1) is 59.2. The van der Waals surface area contributed by atoms with Crippen LogP contribution in [0.15, 0.2) is 0 Å². The summed E-state index contributed by atoms with van der Waals surface area (Å²) >= 11 is 0. The lowest BCUT2D eigenvalue weighted by molar-refractivity contribution is -0.891. The van der Waals surface area contributed by atoms with Crippen molar-refractivity contribution in [2.24, 2.45) is 0 Å². The maximum absolute atomic E-state index is 2.48. The van der Waals surface area contributed by atoms with Gasteiger partial charge in [-0.25, -0.2) is 0 Å². The molecule has 0 saturated heterocycles. The van der Waals surface area contributed by atoms with Crippen LogP contribution < -0.4 is 34.0 Å². The maximum atomic E-state index is 2.48. The molecular weight excluding hydrogens is 788 g/mol. The number of rotatable bonds is 45. The van der Waals surface area contributed by atoms with E-state index in [1.54, 1.807) is 0 Å². The van der Waals surface area contributed by atoms with Crippen molar-refractivity contribution >= 4 is 0 Å². The minimum atomic E-state index is 0. The molecule has 0 aromatic heterocycles. The summed E-state index contributed by atoms with van der Waals surface area (Å²) < 4.78 is 2.47. The van der Waals surface area contributed by atoms with Gasteiger partial charge in [0.1, 0.15) is 0 Å². The first-order valence-electron chi connectivity index (χ1n) is 25.0. The Morgan fingerprint density at radius 1 is 0.185 bits per heavy atom. The van der Waals surface area contributed by atoms with Gasteiger partial charge >= 0.3 is 0 Å². The summed E-state index contributed by atoms with van der Waals surface area (Å²) in [4.78, 5) is 0. The SMILES string of the molecule is CCCCCCCCCCCCCCCCCCCC[N+](C)(C)CCCCCC[N+](C)(C)CCCCCCCCCCCCCCCCCCCC.[Br-].[Br-]. The molecule has 2 nitrogen and oxygen atoms in total. The van der Waals surface area contributed by atoms with E-state index in [1.165, 1.54) is 292 Å². The highest BCUT2D eigenvalue weighted by atomic mass is 79.9. The van der Waals surface area contributed by atoms with E-state index in [4.69, 9.17) is 0 Å². The van der Waals surface area contributed by atoms with Crippen LogP contribution in [0.2, 0.25) is 0 Å². The lowest BCUT2D eigenvalue weighted by atomic mass is 10.0. The van der Waals surface area contributed by atoms with E-state index in [1.807, 2.05) is 0 Å². The molecule has 4 heteroatoms. The second-order valence-electron chi connectivity index (χ2n) is 19.2. The fourth-order valence-corrected chi connectivity index (χ4v) is 8.54.